The zero-order valence-electron chi connectivity index (χ0n) is 15.1. The number of fused-ring (bicyclic) bond motifs is 1. The number of nitrogens with zero attached hydrogens (tertiary/aromatic N) is 4. The molecule has 0 aliphatic rings. The van der Waals surface area contributed by atoms with Crippen LogP contribution in [-0.2, 0) is 11.2 Å². The van der Waals surface area contributed by atoms with Crippen LogP contribution >= 0.6 is 0 Å². The molecule has 0 saturated heterocycles. The van der Waals surface area contributed by atoms with E-state index in [1.54, 1.807) is 23.8 Å². The fourth-order valence-electron chi connectivity index (χ4n) is 2.67. The average Bonchev–Trinajstić information content (AvgIpc) is 3.05. The molecule has 3 amide bonds. The van der Waals surface area contributed by atoms with E-state index in [0.717, 1.165) is 16.8 Å². The highest BCUT2D eigenvalue weighted by Crippen LogP contribution is 2.23. The SMILES string of the molecule is CCNC(=O)Nc1nc2cc(-c3cccnc3)cc(CC(C)C(N)=O)n2n1. The molecule has 3 rings (SSSR count). The number of aromatic nitrogens is 4. The Kier molecular flexibility index (Phi) is 5.30. The van der Waals surface area contributed by atoms with Crippen LogP contribution in [0.3, 0.4) is 0 Å². The molecule has 3 aromatic rings. The second-order valence-corrected chi connectivity index (χ2v) is 6.17. The molecule has 4 N–H and O–H groups in total. The first-order valence-corrected chi connectivity index (χ1v) is 8.62. The Hall–Kier alpha value is -3.49. The summed E-state index contributed by atoms with van der Waals surface area (Å²) in [4.78, 5) is 31.8. The fourth-order valence-corrected chi connectivity index (χ4v) is 2.67. The maximum Gasteiger partial charge on any atom is 0.321 e. The van der Waals surface area contributed by atoms with E-state index in [0.29, 0.717) is 18.6 Å². The van der Waals surface area contributed by atoms with Gasteiger partial charge in [0.2, 0.25) is 5.91 Å². The highest BCUT2D eigenvalue weighted by Gasteiger charge is 2.16. The summed E-state index contributed by atoms with van der Waals surface area (Å²) in [6.45, 7) is 4.07. The van der Waals surface area contributed by atoms with Gasteiger partial charge in [-0.05, 0) is 30.7 Å². The molecule has 140 valence electrons. The molecule has 0 aromatic carbocycles. The van der Waals surface area contributed by atoms with E-state index >= 15 is 0 Å². The normalized spacial score (nSPS) is 11.9. The average molecular weight is 367 g/mol. The van der Waals surface area contributed by atoms with Crippen molar-refractivity contribution >= 4 is 23.5 Å². The van der Waals surface area contributed by atoms with Gasteiger partial charge >= 0.3 is 6.03 Å². The third kappa shape index (κ3) is 4.20. The molecule has 3 aromatic heterocycles. The van der Waals surface area contributed by atoms with E-state index in [4.69, 9.17) is 5.73 Å². The number of rotatable bonds is 6. The van der Waals surface area contributed by atoms with E-state index < -0.39 is 5.91 Å². The lowest BCUT2D eigenvalue weighted by molar-refractivity contribution is -0.121. The van der Waals surface area contributed by atoms with Gasteiger partial charge in [0.25, 0.3) is 5.95 Å². The van der Waals surface area contributed by atoms with Crippen LogP contribution < -0.4 is 16.4 Å². The summed E-state index contributed by atoms with van der Waals surface area (Å²) in [7, 11) is 0. The quantitative estimate of drug-likeness (QED) is 0.610. The molecule has 0 fully saturated rings. The van der Waals surface area contributed by atoms with Gasteiger partial charge in [-0.25, -0.2) is 9.31 Å². The summed E-state index contributed by atoms with van der Waals surface area (Å²) in [5, 5.41) is 9.57. The lowest BCUT2D eigenvalue weighted by Gasteiger charge is -2.11. The molecule has 0 aliphatic carbocycles. The van der Waals surface area contributed by atoms with Gasteiger partial charge in [-0.2, -0.15) is 4.98 Å². The maximum atomic E-state index is 11.7. The lowest BCUT2D eigenvalue weighted by Crippen LogP contribution is -2.28. The van der Waals surface area contributed by atoms with Crippen molar-refractivity contribution in [3.63, 3.8) is 0 Å². The molecule has 0 spiro atoms. The maximum absolute atomic E-state index is 11.7. The van der Waals surface area contributed by atoms with Crippen LogP contribution in [-0.4, -0.2) is 38.1 Å². The van der Waals surface area contributed by atoms with Gasteiger partial charge in [0, 0.05) is 42.5 Å². The van der Waals surface area contributed by atoms with Gasteiger partial charge in [-0.3, -0.25) is 15.1 Å². The van der Waals surface area contributed by atoms with Crippen molar-refractivity contribution in [1.29, 1.82) is 0 Å². The van der Waals surface area contributed by atoms with Crippen LogP contribution in [0.4, 0.5) is 10.7 Å². The smallest absolute Gasteiger partial charge is 0.321 e. The van der Waals surface area contributed by atoms with E-state index in [1.165, 1.54) is 0 Å². The number of nitrogens with one attached hydrogen (secondary N) is 2. The van der Waals surface area contributed by atoms with E-state index in [2.05, 4.69) is 25.7 Å². The summed E-state index contributed by atoms with van der Waals surface area (Å²) in [6.07, 6.45) is 3.84. The van der Waals surface area contributed by atoms with E-state index in [1.807, 2.05) is 31.2 Å². The van der Waals surface area contributed by atoms with Crippen LogP contribution in [0, 0.1) is 5.92 Å². The van der Waals surface area contributed by atoms with Crippen LogP contribution in [0.15, 0.2) is 36.7 Å². The Labute approximate surface area is 156 Å². The van der Waals surface area contributed by atoms with Crippen LogP contribution in [0.1, 0.15) is 19.5 Å². The van der Waals surface area contributed by atoms with Crippen molar-refractivity contribution in [1.82, 2.24) is 24.9 Å². The highest BCUT2D eigenvalue weighted by molar-refractivity contribution is 5.87. The molecule has 0 saturated carbocycles. The minimum absolute atomic E-state index is 0.178. The molecule has 0 bridgehead atoms. The molecular formula is C18H21N7O2. The number of hydrogen-bond donors (Lipinski definition) is 3. The minimum Gasteiger partial charge on any atom is -0.369 e. The fraction of sp³-hybridized carbons (Fsp3) is 0.278. The molecule has 1 atom stereocenters. The summed E-state index contributed by atoms with van der Waals surface area (Å²) in [5.74, 6) is -0.589. The van der Waals surface area contributed by atoms with Crippen molar-refractivity contribution in [3.05, 3.63) is 42.4 Å². The Bertz CT molecular complexity index is 969. The molecule has 9 nitrogen and oxygen atoms in total. The van der Waals surface area contributed by atoms with E-state index in [9.17, 15) is 9.59 Å². The Morgan fingerprint density at radius 3 is 2.78 bits per heavy atom. The Balaban J connectivity index is 2.05. The van der Waals surface area contributed by atoms with Crippen LogP contribution in [0.2, 0.25) is 0 Å². The summed E-state index contributed by atoms with van der Waals surface area (Å²) in [6, 6.07) is 7.17. The first-order valence-electron chi connectivity index (χ1n) is 8.62. The lowest BCUT2D eigenvalue weighted by atomic mass is 10.0. The Morgan fingerprint density at radius 2 is 2.11 bits per heavy atom. The number of hydrogen-bond acceptors (Lipinski definition) is 5. The van der Waals surface area contributed by atoms with Gasteiger partial charge in [0.1, 0.15) is 0 Å². The van der Waals surface area contributed by atoms with Crippen LogP contribution in [0.5, 0.6) is 0 Å². The van der Waals surface area contributed by atoms with Crippen molar-refractivity contribution in [2.45, 2.75) is 20.3 Å². The number of pyridine rings is 2. The third-order valence-electron chi connectivity index (χ3n) is 4.07. The van der Waals surface area contributed by atoms with Crippen molar-refractivity contribution < 1.29 is 9.59 Å². The number of carbonyl (C=O) groups is 2. The van der Waals surface area contributed by atoms with Crippen molar-refractivity contribution in [2.75, 3.05) is 11.9 Å². The monoisotopic (exact) mass is 367 g/mol. The topological polar surface area (TPSA) is 127 Å². The largest absolute Gasteiger partial charge is 0.369 e. The van der Waals surface area contributed by atoms with Gasteiger partial charge in [0.15, 0.2) is 5.65 Å². The molecule has 1 unspecified atom stereocenters. The predicted octanol–water partition coefficient (Wildman–Crippen LogP) is 1.60. The van der Waals surface area contributed by atoms with Crippen molar-refractivity contribution in [2.24, 2.45) is 11.7 Å². The van der Waals surface area contributed by atoms with E-state index in [-0.39, 0.29) is 17.9 Å². The zero-order chi connectivity index (χ0) is 19.4. The number of anilines is 1. The molecular weight excluding hydrogens is 346 g/mol. The first-order chi connectivity index (χ1) is 13.0. The molecule has 0 aliphatic heterocycles. The van der Waals surface area contributed by atoms with Gasteiger partial charge in [-0.15, -0.1) is 5.10 Å². The Morgan fingerprint density at radius 1 is 1.30 bits per heavy atom. The number of urea groups is 1. The highest BCUT2D eigenvalue weighted by atomic mass is 16.2. The van der Waals surface area contributed by atoms with Crippen LogP contribution in [0.25, 0.3) is 16.8 Å². The van der Waals surface area contributed by atoms with Crippen molar-refractivity contribution in [3.8, 4) is 11.1 Å². The predicted molar refractivity (Wildman–Crippen MR) is 101 cm³/mol. The first kappa shape index (κ1) is 18.3. The molecule has 9 heteroatoms. The number of amides is 3. The zero-order valence-corrected chi connectivity index (χ0v) is 15.1. The summed E-state index contributed by atoms with van der Waals surface area (Å²) in [5.41, 5.74) is 8.53. The minimum atomic E-state index is -0.393. The molecule has 27 heavy (non-hydrogen) atoms. The second kappa shape index (κ2) is 7.81. The molecule has 0 radical (unpaired) electrons. The third-order valence-corrected chi connectivity index (χ3v) is 4.07. The van der Waals surface area contributed by atoms with Gasteiger partial charge < -0.3 is 11.1 Å². The summed E-state index contributed by atoms with van der Waals surface area (Å²) >= 11 is 0. The number of primary amides is 1. The number of carbonyl (C=O) groups excluding carboxylic acids is 2. The molecule has 3 heterocycles. The second-order valence-electron chi connectivity index (χ2n) is 6.17. The van der Waals surface area contributed by atoms with Gasteiger partial charge in [0.05, 0.1) is 0 Å². The number of nitrogens with two attached hydrogens (primary N) is 1. The van der Waals surface area contributed by atoms with Gasteiger partial charge in [-0.1, -0.05) is 13.0 Å². The standard InChI is InChI=1S/C18H21N7O2/c1-3-21-18(27)23-17-22-15-9-13(12-5-4-6-20-10-12)8-14(25(15)24-17)7-11(2)16(19)26/h4-6,8-11H,3,7H2,1-2H3,(H2,19,26)(H2,21,23,24,27). The summed E-state index contributed by atoms with van der Waals surface area (Å²) < 4.78 is 1.61.